The lowest BCUT2D eigenvalue weighted by atomic mass is 10.2. The van der Waals surface area contributed by atoms with Gasteiger partial charge in [0.2, 0.25) is 0 Å². The Labute approximate surface area is 178 Å². The van der Waals surface area contributed by atoms with Crippen molar-refractivity contribution in [3.8, 4) is 11.5 Å². The molecule has 7 heteroatoms. The van der Waals surface area contributed by atoms with Gasteiger partial charge in [0.15, 0.2) is 11.5 Å². The van der Waals surface area contributed by atoms with Crippen molar-refractivity contribution in [1.82, 2.24) is 9.55 Å². The number of aromatic nitrogens is 2. The van der Waals surface area contributed by atoms with Crippen LogP contribution in [-0.4, -0.2) is 20.8 Å². The van der Waals surface area contributed by atoms with Crippen molar-refractivity contribution in [3.05, 3.63) is 89.0 Å². The molecule has 0 aliphatic heterocycles. The Bertz CT molecular complexity index is 1230. The third-order valence-electron chi connectivity index (χ3n) is 5.22. The summed E-state index contributed by atoms with van der Waals surface area (Å²) in [7, 11) is 0. The molecule has 0 atom stereocenters. The van der Waals surface area contributed by atoms with Crippen LogP contribution in [0, 0.1) is 19.7 Å². The first-order chi connectivity index (χ1) is 14.9. The molecule has 0 aliphatic carbocycles. The summed E-state index contributed by atoms with van der Waals surface area (Å²) >= 11 is 0. The van der Waals surface area contributed by atoms with Gasteiger partial charge in [0.1, 0.15) is 17.9 Å². The minimum Gasteiger partial charge on any atom is -0.483 e. The van der Waals surface area contributed by atoms with Crippen molar-refractivity contribution >= 4 is 17.2 Å². The number of hydrogen-bond donors (Lipinski definition) is 1. The summed E-state index contributed by atoms with van der Waals surface area (Å²) in [6.45, 7) is 4.63. The van der Waals surface area contributed by atoms with Crippen LogP contribution in [0.5, 0.6) is 11.5 Å². The molecule has 0 fully saturated rings. The van der Waals surface area contributed by atoms with Crippen LogP contribution in [0.1, 0.15) is 22.4 Å². The average Bonchev–Trinajstić information content (AvgIpc) is 2.99. The fourth-order valence-electron chi connectivity index (χ4n) is 3.54. The van der Waals surface area contributed by atoms with Gasteiger partial charge in [-0.15, -0.1) is 0 Å². The second kappa shape index (κ2) is 8.47. The predicted octanol–water partition coefficient (Wildman–Crippen LogP) is 5.48. The zero-order valence-corrected chi connectivity index (χ0v) is 17.1. The number of halogens is 1. The number of aryl methyl sites for hydroxylation is 1. The maximum absolute atomic E-state index is 13.2. The number of hydrogen-bond acceptors (Lipinski definition) is 4. The number of nitrogens with zero attached hydrogens (tertiary/aromatic N) is 2. The zero-order valence-electron chi connectivity index (χ0n) is 17.1. The maximum Gasteiger partial charge on any atom is 0.511 e. The van der Waals surface area contributed by atoms with Crippen molar-refractivity contribution in [2.45, 2.75) is 27.0 Å². The fourth-order valence-corrected chi connectivity index (χ4v) is 3.54. The van der Waals surface area contributed by atoms with E-state index in [1.165, 1.54) is 18.3 Å². The van der Waals surface area contributed by atoms with Crippen molar-refractivity contribution in [3.63, 3.8) is 0 Å². The Kier molecular flexibility index (Phi) is 5.58. The second-order valence-corrected chi connectivity index (χ2v) is 7.21. The van der Waals surface area contributed by atoms with Crippen LogP contribution in [0.4, 0.5) is 9.18 Å². The van der Waals surface area contributed by atoms with Crippen LogP contribution in [-0.2, 0) is 13.2 Å². The molecule has 4 rings (SSSR count). The third kappa shape index (κ3) is 4.21. The highest BCUT2D eigenvalue weighted by molar-refractivity contribution is 5.89. The molecule has 4 aromatic rings. The lowest BCUT2D eigenvalue weighted by molar-refractivity contribution is 0.141. The average molecular weight is 420 g/mol. The Morgan fingerprint density at radius 3 is 2.45 bits per heavy atom. The van der Waals surface area contributed by atoms with Gasteiger partial charge in [-0.1, -0.05) is 42.5 Å². The predicted molar refractivity (Wildman–Crippen MR) is 114 cm³/mol. The standard InChI is InChI=1S/C24H21FN2O4/c1-15-16(2)27(13-17-6-4-3-5-7-17)22-21(15)26-12-20(31-24(28)29)23(22)30-14-18-8-10-19(25)11-9-18/h3-12H,13-14H2,1-2H3,(H,28,29). The van der Waals surface area contributed by atoms with Gasteiger partial charge in [-0.3, -0.25) is 4.98 Å². The van der Waals surface area contributed by atoms with Gasteiger partial charge in [-0.2, -0.15) is 0 Å². The number of pyridine rings is 1. The van der Waals surface area contributed by atoms with Gasteiger partial charge >= 0.3 is 6.16 Å². The summed E-state index contributed by atoms with van der Waals surface area (Å²) in [4.78, 5) is 15.7. The zero-order chi connectivity index (χ0) is 22.0. The van der Waals surface area contributed by atoms with Crippen LogP contribution in [0.25, 0.3) is 11.0 Å². The molecule has 0 radical (unpaired) electrons. The quantitative estimate of drug-likeness (QED) is 0.418. The van der Waals surface area contributed by atoms with E-state index in [0.29, 0.717) is 17.6 Å². The fraction of sp³-hybridized carbons (Fsp3) is 0.167. The van der Waals surface area contributed by atoms with E-state index in [-0.39, 0.29) is 23.9 Å². The minimum atomic E-state index is -1.46. The van der Waals surface area contributed by atoms with Crippen LogP contribution in [0.2, 0.25) is 0 Å². The Hall–Kier alpha value is -3.87. The summed E-state index contributed by atoms with van der Waals surface area (Å²) < 4.78 is 26.3. The van der Waals surface area contributed by atoms with Gasteiger partial charge in [-0.25, -0.2) is 9.18 Å². The first-order valence-corrected chi connectivity index (χ1v) is 9.74. The molecule has 0 unspecified atom stereocenters. The van der Waals surface area contributed by atoms with E-state index in [4.69, 9.17) is 9.47 Å². The van der Waals surface area contributed by atoms with E-state index < -0.39 is 6.16 Å². The number of fused-ring (bicyclic) bond motifs is 1. The van der Waals surface area contributed by atoms with E-state index in [0.717, 1.165) is 22.4 Å². The van der Waals surface area contributed by atoms with Gasteiger partial charge in [-0.05, 0) is 42.7 Å². The molecular weight excluding hydrogens is 399 g/mol. The van der Waals surface area contributed by atoms with Crippen molar-refractivity contribution in [2.75, 3.05) is 0 Å². The largest absolute Gasteiger partial charge is 0.511 e. The summed E-state index contributed by atoms with van der Waals surface area (Å²) in [6, 6.07) is 15.8. The summed E-state index contributed by atoms with van der Waals surface area (Å²) in [5.74, 6) is -0.0503. The van der Waals surface area contributed by atoms with Gasteiger partial charge in [0, 0.05) is 12.2 Å². The molecule has 0 saturated heterocycles. The van der Waals surface area contributed by atoms with Crippen LogP contribution >= 0.6 is 0 Å². The molecule has 31 heavy (non-hydrogen) atoms. The van der Waals surface area contributed by atoms with Crippen LogP contribution in [0.15, 0.2) is 60.8 Å². The molecule has 158 valence electrons. The molecule has 0 spiro atoms. The highest BCUT2D eigenvalue weighted by atomic mass is 19.1. The summed E-state index contributed by atoms with van der Waals surface area (Å²) in [5.41, 5.74) is 5.14. The topological polar surface area (TPSA) is 73.6 Å². The summed E-state index contributed by atoms with van der Waals surface area (Å²) in [6.07, 6.45) is -0.0992. The first-order valence-electron chi connectivity index (χ1n) is 9.74. The molecule has 0 amide bonds. The third-order valence-corrected chi connectivity index (χ3v) is 5.22. The van der Waals surface area contributed by atoms with E-state index in [9.17, 15) is 14.3 Å². The lowest BCUT2D eigenvalue weighted by Crippen LogP contribution is -2.08. The van der Waals surface area contributed by atoms with Gasteiger partial charge in [0.05, 0.1) is 11.7 Å². The Balaban J connectivity index is 1.83. The second-order valence-electron chi connectivity index (χ2n) is 7.21. The molecule has 0 aliphatic rings. The lowest BCUT2D eigenvalue weighted by Gasteiger charge is -2.15. The molecular formula is C24H21FN2O4. The number of carbonyl (C=O) groups is 1. The number of ether oxygens (including phenoxy) is 2. The number of rotatable bonds is 6. The van der Waals surface area contributed by atoms with E-state index in [2.05, 4.69) is 4.98 Å². The van der Waals surface area contributed by atoms with Crippen molar-refractivity contribution < 1.29 is 23.8 Å². The first kappa shape index (κ1) is 20.4. The van der Waals surface area contributed by atoms with E-state index in [1.807, 2.05) is 48.7 Å². The van der Waals surface area contributed by atoms with Gasteiger partial charge < -0.3 is 19.1 Å². The summed E-state index contributed by atoms with van der Waals surface area (Å²) in [5, 5.41) is 9.19. The molecule has 2 aromatic heterocycles. The smallest absolute Gasteiger partial charge is 0.483 e. The highest BCUT2D eigenvalue weighted by Crippen LogP contribution is 2.39. The van der Waals surface area contributed by atoms with Gasteiger partial charge in [0.25, 0.3) is 0 Å². The number of benzene rings is 2. The monoisotopic (exact) mass is 420 g/mol. The molecule has 2 aromatic carbocycles. The van der Waals surface area contributed by atoms with Crippen LogP contribution < -0.4 is 9.47 Å². The molecule has 6 nitrogen and oxygen atoms in total. The number of carboxylic acid groups (broad SMARTS) is 1. The molecule has 2 heterocycles. The molecule has 0 bridgehead atoms. The molecule has 1 N–H and O–H groups in total. The van der Waals surface area contributed by atoms with Crippen molar-refractivity contribution in [1.29, 1.82) is 0 Å². The van der Waals surface area contributed by atoms with E-state index in [1.54, 1.807) is 12.1 Å². The minimum absolute atomic E-state index is 0.00826. The maximum atomic E-state index is 13.2. The normalized spacial score (nSPS) is 10.9. The highest BCUT2D eigenvalue weighted by Gasteiger charge is 2.22. The van der Waals surface area contributed by atoms with E-state index >= 15 is 0 Å². The SMILES string of the molecule is Cc1c(C)n(Cc2ccccc2)c2c(OCc3ccc(F)cc3)c(OC(=O)O)cnc12. The molecule has 0 saturated carbocycles. The Morgan fingerprint density at radius 2 is 1.77 bits per heavy atom. The Morgan fingerprint density at radius 1 is 1.06 bits per heavy atom. The van der Waals surface area contributed by atoms with Crippen LogP contribution in [0.3, 0.4) is 0 Å². The van der Waals surface area contributed by atoms with Crippen molar-refractivity contribution in [2.24, 2.45) is 0 Å².